The predicted octanol–water partition coefficient (Wildman–Crippen LogP) is 3.86. The SMILES string of the molecule is Nc1nc(NC2CCN(S(=O)(=O)c3ccc(Cl)c(Cl)c3)c3ccccc3C2)c2cn[nH]c2n1. The van der Waals surface area contributed by atoms with Gasteiger partial charge in [-0.3, -0.25) is 9.40 Å². The van der Waals surface area contributed by atoms with Crippen molar-refractivity contribution >= 4 is 61.7 Å². The fourth-order valence-corrected chi connectivity index (χ4v) is 5.89. The highest BCUT2D eigenvalue weighted by molar-refractivity contribution is 7.92. The number of benzene rings is 2. The number of hydrogen-bond acceptors (Lipinski definition) is 7. The van der Waals surface area contributed by atoms with Gasteiger partial charge in [0.25, 0.3) is 10.0 Å². The van der Waals surface area contributed by atoms with E-state index in [0.29, 0.717) is 40.4 Å². The Labute approximate surface area is 200 Å². The molecule has 0 saturated heterocycles. The molecule has 1 unspecified atom stereocenters. The van der Waals surface area contributed by atoms with E-state index in [9.17, 15) is 8.42 Å². The molecule has 5 rings (SSSR count). The van der Waals surface area contributed by atoms with E-state index in [2.05, 4.69) is 25.5 Å². The molecule has 2 aromatic heterocycles. The van der Waals surface area contributed by atoms with Gasteiger partial charge in [-0.25, -0.2) is 8.42 Å². The number of fused-ring (bicyclic) bond motifs is 2. The molecule has 0 spiro atoms. The van der Waals surface area contributed by atoms with Gasteiger partial charge in [-0.2, -0.15) is 15.1 Å². The lowest BCUT2D eigenvalue weighted by Crippen LogP contribution is -2.33. The predicted molar refractivity (Wildman–Crippen MR) is 129 cm³/mol. The number of halogens is 2. The zero-order chi connectivity index (χ0) is 23.2. The van der Waals surface area contributed by atoms with Gasteiger partial charge in [-0.05, 0) is 42.7 Å². The molecule has 33 heavy (non-hydrogen) atoms. The summed E-state index contributed by atoms with van der Waals surface area (Å²) in [7, 11) is -3.86. The van der Waals surface area contributed by atoms with E-state index in [0.717, 1.165) is 5.56 Å². The maximum absolute atomic E-state index is 13.6. The number of sulfonamides is 1. The monoisotopic (exact) mass is 503 g/mol. The average molecular weight is 504 g/mol. The number of nitrogens with zero attached hydrogens (tertiary/aromatic N) is 4. The van der Waals surface area contributed by atoms with Crippen molar-refractivity contribution in [1.29, 1.82) is 0 Å². The third-order valence-corrected chi connectivity index (χ3v) is 8.10. The Bertz CT molecular complexity index is 1460. The number of anilines is 3. The van der Waals surface area contributed by atoms with E-state index in [4.69, 9.17) is 28.9 Å². The number of nitrogens with one attached hydrogen (secondary N) is 2. The number of H-pyrrole nitrogens is 1. The van der Waals surface area contributed by atoms with Gasteiger partial charge in [0.15, 0.2) is 5.65 Å². The molecule has 0 aliphatic carbocycles. The summed E-state index contributed by atoms with van der Waals surface area (Å²) in [6, 6.07) is 11.7. The largest absolute Gasteiger partial charge is 0.368 e. The number of rotatable bonds is 4. The van der Waals surface area contributed by atoms with Crippen molar-refractivity contribution < 1.29 is 8.42 Å². The summed E-state index contributed by atoms with van der Waals surface area (Å²) in [6.07, 6.45) is 2.74. The lowest BCUT2D eigenvalue weighted by Gasteiger charge is -2.24. The number of aromatic nitrogens is 4. The van der Waals surface area contributed by atoms with E-state index in [1.165, 1.54) is 22.5 Å². The minimum atomic E-state index is -3.86. The van der Waals surface area contributed by atoms with Gasteiger partial charge in [0.1, 0.15) is 5.82 Å². The summed E-state index contributed by atoms with van der Waals surface area (Å²) in [5, 5.41) is 11.4. The van der Waals surface area contributed by atoms with Crippen molar-refractivity contribution in [3.8, 4) is 0 Å². The van der Waals surface area contributed by atoms with E-state index in [1.807, 2.05) is 24.3 Å². The molecule has 0 saturated carbocycles. The minimum Gasteiger partial charge on any atom is -0.368 e. The first-order chi connectivity index (χ1) is 15.8. The molecule has 2 aromatic carbocycles. The van der Waals surface area contributed by atoms with Crippen LogP contribution in [0.1, 0.15) is 12.0 Å². The molecule has 0 fully saturated rings. The Balaban J connectivity index is 1.50. The summed E-state index contributed by atoms with van der Waals surface area (Å²) in [4.78, 5) is 8.55. The zero-order valence-electron chi connectivity index (χ0n) is 17.2. The molecular weight excluding hydrogens is 485 g/mol. The van der Waals surface area contributed by atoms with Crippen LogP contribution < -0.4 is 15.4 Å². The Morgan fingerprint density at radius 1 is 1.12 bits per heavy atom. The average Bonchev–Trinajstić information content (AvgIpc) is 3.16. The van der Waals surface area contributed by atoms with Gasteiger partial charge in [0.05, 0.1) is 32.2 Å². The number of para-hydroxylation sites is 1. The van der Waals surface area contributed by atoms with Crippen LogP contribution in [0, 0.1) is 0 Å². The minimum absolute atomic E-state index is 0.0850. The maximum Gasteiger partial charge on any atom is 0.264 e. The fourth-order valence-electron chi connectivity index (χ4n) is 3.98. The molecule has 0 radical (unpaired) electrons. The Kier molecular flexibility index (Phi) is 5.51. The van der Waals surface area contributed by atoms with Crippen LogP contribution in [0.5, 0.6) is 0 Å². The van der Waals surface area contributed by atoms with Crippen LogP contribution in [0.3, 0.4) is 0 Å². The maximum atomic E-state index is 13.6. The molecule has 12 heteroatoms. The quantitative estimate of drug-likeness (QED) is 0.385. The highest BCUT2D eigenvalue weighted by Gasteiger charge is 2.31. The van der Waals surface area contributed by atoms with Crippen LogP contribution in [0.25, 0.3) is 11.0 Å². The Hall–Kier alpha value is -3.08. The highest BCUT2D eigenvalue weighted by Crippen LogP contribution is 2.34. The van der Waals surface area contributed by atoms with Crippen LogP contribution in [0.15, 0.2) is 53.6 Å². The first-order valence-electron chi connectivity index (χ1n) is 10.1. The third-order valence-electron chi connectivity index (χ3n) is 5.55. The molecule has 4 aromatic rings. The summed E-state index contributed by atoms with van der Waals surface area (Å²) in [6.45, 7) is 0.256. The molecular formula is C21H19Cl2N7O2S. The first kappa shape index (κ1) is 21.7. The van der Waals surface area contributed by atoms with Gasteiger partial charge in [-0.1, -0.05) is 41.4 Å². The van der Waals surface area contributed by atoms with Crippen molar-refractivity contribution in [3.63, 3.8) is 0 Å². The van der Waals surface area contributed by atoms with Crippen molar-refractivity contribution in [2.75, 3.05) is 21.9 Å². The molecule has 1 atom stereocenters. The van der Waals surface area contributed by atoms with E-state index in [-0.39, 0.29) is 28.5 Å². The smallest absolute Gasteiger partial charge is 0.264 e. The molecule has 9 nitrogen and oxygen atoms in total. The summed E-state index contributed by atoms with van der Waals surface area (Å²) < 4.78 is 28.6. The normalized spacial score (nSPS) is 16.4. The van der Waals surface area contributed by atoms with E-state index in [1.54, 1.807) is 6.20 Å². The summed E-state index contributed by atoms with van der Waals surface area (Å²) >= 11 is 12.1. The second-order valence-corrected chi connectivity index (χ2v) is 10.4. The molecule has 0 bridgehead atoms. The number of aromatic amines is 1. The van der Waals surface area contributed by atoms with Crippen molar-refractivity contribution in [2.45, 2.75) is 23.8 Å². The number of nitrogens with two attached hydrogens (primary N) is 1. The van der Waals surface area contributed by atoms with E-state index >= 15 is 0 Å². The van der Waals surface area contributed by atoms with Gasteiger partial charge in [-0.15, -0.1) is 0 Å². The molecule has 3 heterocycles. The summed E-state index contributed by atoms with van der Waals surface area (Å²) in [5.74, 6) is 0.668. The Morgan fingerprint density at radius 3 is 2.76 bits per heavy atom. The third kappa shape index (κ3) is 4.05. The number of hydrogen-bond donors (Lipinski definition) is 3. The summed E-state index contributed by atoms with van der Waals surface area (Å²) in [5.41, 5.74) is 7.89. The Morgan fingerprint density at radius 2 is 1.94 bits per heavy atom. The van der Waals surface area contributed by atoms with Gasteiger partial charge < -0.3 is 11.1 Å². The zero-order valence-corrected chi connectivity index (χ0v) is 19.5. The second kappa shape index (κ2) is 8.36. The standard InChI is InChI=1S/C21H19Cl2N7O2S/c22-16-6-5-14(10-17(16)23)33(31,32)30-8-7-13(9-12-3-1-2-4-18(12)30)26-19-15-11-25-29-20(15)28-21(24)27-19/h1-6,10-11,13H,7-9H2,(H4,24,25,26,27,28,29). The van der Waals surface area contributed by atoms with Gasteiger partial charge >= 0.3 is 0 Å². The van der Waals surface area contributed by atoms with Crippen molar-refractivity contribution in [1.82, 2.24) is 20.2 Å². The molecule has 1 aliphatic heterocycles. The van der Waals surface area contributed by atoms with Gasteiger partial charge in [0, 0.05) is 12.6 Å². The van der Waals surface area contributed by atoms with E-state index < -0.39 is 10.0 Å². The van der Waals surface area contributed by atoms with Crippen LogP contribution in [0.4, 0.5) is 17.5 Å². The fraction of sp³-hybridized carbons (Fsp3) is 0.190. The van der Waals surface area contributed by atoms with Crippen LogP contribution >= 0.6 is 23.2 Å². The molecule has 4 N–H and O–H groups in total. The lowest BCUT2D eigenvalue weighted by atomic mass is 10.0. The van der Waals surface area contributed by atoms with Crippen molar-refractivity contribution in [2.24, 2.45) is 0 Å². The van der Waals surface area contributed by atoms with Crippen molar-refractivity contribution in [3.05, 3.63) is 64.3 Å². The second-order valence-electron chi connectivity index (χ2n) is 7.68. The topological polar surface area (TPSA) is 130 Å². The molecule has 170 valence electrons. The van der Waals surface area contributed by atoms with Crippen LogP contribution in [-0.2, 0) is 16.4 Å². The molecule has 1 aliphatic rings. The molecule has 0 amide bonds. The van der Waals surface area contributed by atoms with Gasteiger partial charge in [0.2, 0.25) is 5.95 Å². The van der Waals surface area contributed by atoms with Crippen LogP contribution in [-0.4, -0.2) is 41.2 Å². The number of nitrogen functional groups attached to an aromatic ring is 1. The van der Waals surface area contributed by atoms with Crippen LogP contribution in [0.2, 0.25) is 10.0 Å². The highest BCUT2D eigenvalue weighted by atomic mass is 35.5. The first-order valence-corrected chi connectivity index (χ1v) is 12.3. The lowest BCUT2D eigenvalue weighted by molar-refractivity contribution is 0.587.